The molecule has 3 rings (SSSR count). The molecule has 3 heteroatoms. The van der Waals surface area contributed by atoms with E-state index in [0.29, 0.717) is 17.7 Å². The van der Waals surface area contributed by atoms with Gasteiger partial charge in [-0.25, -0.2) is 0 Å². The fourth-order valence-electron chi connectivity index (χ4n) is 3.51. The lowest BCUT2D eigenvalue weighted by Gasteiger charge is -2.37. The highest BCUT2D eigenvalue weighted by molar-refractivity contribution is 5.80. The summed E-state index contributed by atoms with van der Waals surface area (Å²) in [6.45, 7) is 3.32. The summed E-state index contributed by atoms with van der Waals surface area (Å²) in [5, 5.41) is 9.90. The topological polar surface area (TPSA) is 40.5 Å². The second-order valence-electron chi connectivity index (χ2n) is 6.21. The third-order valence-corrected chi connectivity index (χ3v) is 4.75. The molecule has 1 N–H and O–H groups in total. The van der Waals surface area contributed by atoms with Gasteiger partial charge in [-0.1, -0.05) is 12.2 Å². The van der Waals surface area contributed by atoms with Gasteiger partial charge in [-0.05, 0) is 44.4 Å². The molecule has 94 valence electrons. The first-order valence-electron chi connectivity index (χ1n) is 6.75. The molecule has 17 heavy (non-hydrogen) atoms. The van der Waals surface area contributed by atoms with Gasteiger partial charge in [0.15, 0.2) is 0 Å². The molecule has 0 aromatic rings. The molecular formula is C14H21NO2. The Morgan fingerprint density at radius 1 is 1.29 bits per heavy atom. The van der Waals surface area contributed by atoms with Gasteiger partial charge in [0.2, 0.25) is 5.91 Å². The molecule has 0 aromatic heterocycles. The summed E-state index contributed by atoms with van der Waals surface area (Å²) in [5.74, 6) is 1.71. The molecule has 3 aliphatic rings. The molecule has 1 saturated carbocycles. The van der Waals surface area contributed by atoms with E-state index >= 15 is 0 Å². The molecule has 1 heterocycles. The van der Waals surface area contributed by atoms with Crippen LogP contribution in [0.1, 0.15) is 32.6 Å². The normalized spacial score (nSPS) is 38.7. The number of fused-ring (bicyclic) bond motifs is 2. The van der Waals surface area contributed by atoms with Crippen LogP contribution < -0.4 is 0 Å². The van der Waals surface area contributed by atoms with Gasteiger partial charge in [0.25, 0.3) is 0 Å². The van der Waals surface area contributed by atoms with E-state index in [2.05, 4.69) is 12.2 Å². The Bertz CT molecular complexity index is 351. The number of carbonyl (C=O) groups is 1. The lowest BCUT2D eigenvalue weighted by Crippen LogP contribution is -2.47. The maximum absolute atomic E-state index is 12.4. The van der Waals surface area contributed by atoms with Gasteiger partial charge in [0, 0.05) is 19.0 Å². The molecule has 2 bridgehead atoms. The van der Waals surface area contributed by atoms with Crippen molar-refractivity contribution >= 4 is 5.91 Å². The molecule has 1 aliphatic heterocycles. The smallest absolute Gasteiger partial charge is 0.226 e. The van der Waals surface area contributed by atoms with Gasteiger partial charge in [-0.3, -0.25) is 4.79 Å². The lowest BCUT2D eigenvalue weighted by molar-refractivity contribution is -0.140. The van der Waals surface area contributed by atoms with E-state index in [0.717, 1.165) is 32.4 Å². The van der Waals surface area contributed by atoms with Crippen molar-refractivity contribution in [2.75, 3.05) is 13.1 Å². The molecule has 3 nitrogen and oxygen atoms in total. The summed E-state index contributed by atoms with van der Waals surface area (Å²) >= 11 is 0. The maximum Gasteiger partial charge on any atom is 0.226 e. The third-order valence-electron chi connectivity index (χ3n) is 4.75. The van der Waals surface area contributed by atoms with Crippen LogP contribution in [-0.2, 0) is 4.79 Å². The van der Waals surface area contributed by atoms with Gasteiger partial charge in [0.05, 0.1) is 5.60 Å². The van der Waals surface area contributed by atoms with Crippen LogP contribution in [0.4, 0.5) is 0 Å². The number of likely N-dealkylation sites (tertiary alicyclic amines) is 1. The number of aliphatic hydroxyl groups is 1. The molecule has 1 amide bonds. The van der Waals surface area contributed by atoms with E-state index in [9.17, 15) is 9.90 Å². The Kier molecular flexibility index (Phi) is 2.54. The van der Waals surface area contributed by atoms with Crippen LogP contribution in [0.2, 0.25) is 0 Å². The predicted octanol–water partition coefficient (Wildman–Crippen LogP) is 1.57. The summed E-state index contributed by atoms with van der Waals surface area (Å²) in [5.41, 5.74) is -0.564. The first-order valence-corrected chi connectivity index (χ1v) is 6.75. The molecule has 1 saturated heterocycles. The van der Waals surface area contributed by atoms with Crippen LogP contribution >= 0.6 is 0 Å². The highest BCUT2D eigenvalue weighted by Crippen LogP contribution is 2.44. The number of amides is 1. The largest absolute Gasteiger partial charge is 0.390 e. The van der Waals surface area contributed by atoms with Gasteiger partial charge in [-0.15, -0.1) is 0 Å². The number of hydrogen-bond acceptors (Lipinski definition) is 2. The van der Waals surface area contributed by atoms with Crippen molar-refractivity contribution in [3.05, 3.63) is 12.2 Å². The van der Waals surface area contributed by atoms with Gasteiger partial charge in [-0.2, -0.15) is 0 Å². The second-order valence-corrected chi connectivity index (χ2v) is 6.21. The standard InChI is InChI=1S/C14H21NO2/c1-14(17)4-6-15(7-5-14)13(16)12-9-10-2-3-11(12)8-10/h2-3,10-12,17H,4-9H2,1H3. The minimum absolute atomic E-state index is 0.230. The van der Waals surface area contributed by atoms with E-state index in [-0.39, 0.29) is 5.92 Å². The first-order chi connectivity index (χ1) is 8.05. The fourth-order valence-corrected chi connectivity index (χ4v) is 3.51. The number of nitrogens with zero attached hydrogens (tertiary/aromatic N) is 1. The molecule has 2 aliphatic carbocycles. The minimum atomic E-state index is -0.564. The van der Waals surface area contributed by atoms with Gasteiger partial charge in [0.1, 0.15) is 0 Å². The zero-order valence-corrected chi connectivity index (χ0v) is 10.4. The number of rotatable bonds is 1. The molecule has 0 radical (unpaired) electrons. The average Bonchev–Trinajstić information content (AvgIpc) is 2.89. The molecule has 2 fully saturated rings. The highest BCUT2D eigenvalue weighted by atomic mass is 16.3. The molecule has 0 aromatic carbocycles. The number of allylic oxidation sites excluding steroid dienone is 2. The second kappa shape index (κ2) is 3.84. The number of hydrogen-bond donors (Lipinski definition) is 1. The van der Waals surface area contributed by atoms with Crippen LogP contribution in [0.3, 0.4) is 0 Å². The van der Waals surface area contributed by atoms with Crippen molar-refractivity contribution in [2.24, 2.45) is 17.8 Å². The van der Waals surface area contributed by atoms with Crippen LogP contribution in [0.5, 0.6) is 0 Å². The van der Waals surface area contributed by atoms with Crippen LogP contribution in [0, 0.1) is 17.8 Å². The summed E-state index contributed by atoms with van der Waals surface area (Å²) in [6, 6.07) is 0. The van der Waals surface area contributed by atoms with E-state index < -0.39 is 5.60 Å². The Morgan fingerprint density at radius 2 is 2.00 bits per heavy atom. The molecule has 3 atom stereocenters. The van der Waals surface area contributed by atoms with E-state index in [1.54, 1.807) is 0 Å². The maximum atomic E-state index is 12.4. The lowest BCUT2D eigenvalue weighted by atomic mass is 9.89. The Hall–Kier alpha value is -0.830. The first kappa shape index (κ1) is 11.3. The Morgan fingerprint density at radius 3 is 2.53 bits per heavy atom. The fraction of sp³-hybridized carbons (Fsp3) is 0.786. The Labute approximate surface area is 102 Å². The SMILES string of the molecule is CC1(O)CCN(C(=O)C2CC3C=CC2C3)CC1. The molecular weight excluding hydrogens is 214 g/mol. The average molecular weight is 235 g/mol. The van der Waals surface area contributed by atoms with E-state index in [1.807, 2.05) is 11.8 Å². The van der Waals surface area contributed by atoms with Crippen molar-refractivity contribution in [2.45, 2.75) is 38.2 Å². The van der Waals surface area contributed by atoms with Crippen LogP contribution in [0.25, 0.3) is 0 Å². The van der Waals surface area contributed by atoms with Crippen molar-refractivity contribution in [1.29, 1.82) is 0 Å². The van der Waals surface area contributed by atoms with Gasteiger partial charge < -0.3 is 10.0 Å². The van der Waals surface area contributed by atoms with Gasteiger partial charge >= 0.3 is 0 Å². The van der Waals surface area contributed by atoms with Crippen molar-refractivity contribution < 1.29 is 9.90 Å². The van der Waals surface area contributed by atoms with Crippen LogP contribution in [0.15, 0.2) is 12.2 Å². The van der Waals surface area contributed by atoms with E-state index in [1.165, 1.54) is 6.42 Å². The Balaban J connectivity index is 1.62. The quantitative estimate of drug-likeness (QED) is 0.701. The minimum Gasteiger partial charge on any atom is -0.390 e. The van der Waals surface area contributed by atoms with Crippen LogP contribution in [-0.4, -0.2) is 34.6 Å². The number of piperidine rings is 1. The predicted molar refractivity (Wildman–Crippen MR) is 65.3 cm³/mol. The summed E-state index contributed by atoms with van der Waals surface area (Å²) in [7, 11) is 0. The highest BCUT2D eigenvalue weighted by Gasteiger charge is 2.42. The number of carbonyl (C=O) groups excluding carboxylic acids is 1. The molecule has 0 spiro atoms. The van der Waals surface area contributed by atoms with Crippen molar-refractivity contribution in [3.8, 4) is 0 Å². The monoisotopic (exact) mass is 235 g/mol. The van der Waals surface area contributed by atoms with E-state index in [4.69, 9.17) is 0 Å². The summed E-state index contributed by atoms with van der Waals surface area (Å²) in [4.78, 5) is 14.4. The van der Waals surface area contributed by atoms with Crippen molar-refractivity contribution in [3.63, 3.8) is 0 Å². The van der Waals surface area contributed by atoms with Crippen molar-refractivity contribution in [1.82, 2.24) is 4.90 Å². The zero-order chi connectivity index (χ0) is 12.0. The zero-order valence-electron chi connectivity index (χ0n) is 10.4. The third kappa shape index (κ3) is 2.01. The summed E-state index contributed by atoms with van der Waals surface area (Å²) in [6.07, 6.45) is 8.17. The molecule has 3 unspecified atom stereocenters. The summed E-state index contributed by atoms with van der Waals surface area (Å²) < 4.78 is 0.